The molecular weight excluding hydrogens is 769 g/mol. The highest BCUT2D eigenvalue weighted by Crippen LogP contribution is 2.23. The Morgan fingerprint density at radius 3 is 1.03 bits per heavy atom. The van der Waals surface area contributed by atoms with Gasteiger partial charge in [0.15, 0.2) is 0 Å². The molecule has 7 nitrogen and oxygen atoms in total. The number of ether oxygens (including phenoxy) is 2. The Hall–Kier alpha value is -2.45. The average Bonchev–Trinajstić information content (AvgIpc) is 3.24. The second kappa shape index (κ2) is 40.6. The molecule has 0 heterocycles. The van der Waals surface area contributed by atoms with Crippen molar-refractivity contribution in [2.45, 2.75) is 250 Å². The van der Waals surface area contributed by atoms with Crippen LogP contribution in [0.3, 0.4) is 0 Å². The number of benzene rings is 1. The van der Waals surface area contributed by atoms with Crippen molar-refractivity contribution in [2.24, 2.45) is 0 Å². The summed E-state index contributed by atoms with van der Waals surface area (Å²) in [5.41, 5.74) is -0.666. The summed E-state index contributed by atoms with van der Waals surface area (Å²) in [4.78, 5) is 25.5. The van der Waals surface area contributed by atoms with Crippen molar-refractivity contribution in [3.63, 3.8) is 0 Å². The highest BCUT2D eigenvalue weighted by atomic mass is 32.2. The number of unbranched alkanes of at least 4 members (excludes halogenated alkanes) is 34. The quantitative estimate of drug-likeness (QED) is 0.0302. The lowest BCUT2D eigenvalue weighted by Crippen LogP contribution is -2.19. The minimum Gasteiger partial charge on any atom is -0.462 e. The molecule has 8 heteroatoms. The molecule has 1 N–H and O–H groups in total. The highest BCUT2D eigenvalue weighted by molar-refractivity contribution is 7.86. The zero-order chi connectivity index (χ0) is 43.6. The molecule has 0 fully saturated rings. The lowest BCUT2D eigenvalue weighted by molar-refractivity contribution is 0.0446. The van der Waals surface area contributed by atoms with Gasteiger partial charge in [-0.3, -0.25) is 4.55 Å². The molecule has 0 unspecified atom stereocenters. The second-order valence-electron chi connectivity index (χ2n) is 17.2. The Morgan fingerprint density at radius 1 is 0.450 bits per heavy atom. The molecule has 0 aliphatic rings. The van der Waals surface area contributed by atoms with E-state index in [1.54, 1.807) is 0 Å². The van der Waals surface area contributed by atoms with Crippen LogP contribution in [0.4, 0.5) is 0 Å². The predicted octanol–water partition coefficient (Wildman–Crippen LogP) is 16.4. The van der Waals surface area contributed by atoms with Crippen LogP contribution in [0.5, 0.6) is 0 Å². The molecule has 0 spiro atoms. The smallest absolute Gasteiger partial charge is 0.340 e. The van der Waals surface area contributed by atoms with Crippen molar-refractivity contribution in [3.05, 3.63) is 53.6 Å². The number of hydrogen-bond donors (Lipinski definition) is 1. The van der Waals surface area contributed by atoms with Crippen LogP contribution in [0.1, 0.15) is 266 Å². The van der Waals surface area contributed by atoms with Crippen LogP contribution < -0.4 is 0 Å². The van der Waals surface area contributed by atoms with Crippen LogP contribution >= 0.6 is 0 Å². The van der Waals surface area contributed by atoms with Crippen LogP contribution in [0, 0.1) is 0 Å². The van der Waals surface area contributed by atoms with Crippen molar-refractivity contribution in [2.75, 3.05) is 13.2 Å². The molecule has 0 saturated heterocycles. The van der Waals surface area contributed by atoms with Gasteiger partial charge in [0.25, 0.3) is 10.1 Å². The Balaban J connectivity index is 2.14. The molecule has 346 valence electrons. The standard InChI is InChI=1S/C52H90O7S/c1-3-5-7-9-11-13-15-17-19-21-23-25-27-29-31-33-35-37-39-41-46-58-51(53)48-44-43-45-49(60(55,56)57)50(48)52(54)59-47-42-40-38-36-34-32-30-28-26-24-22-20-18-16-14-12-10-8-6-4-2/h3-6,43-45H,7-42,46-47H2,1-2H3,(H,55,56,57)/b5-3+,6-4+. The molecule has 60 heavy (non-hydrogen) atoms. The van der Waals surface area contributed by atoms with Gasteiger partial charge in [-0.25, -0.2) is 9.59 Å². The third-order valence-corrected chi connectivity index (χ3v) is 12.6. The maximum Gasteiger partial charge on any atom is 0.340 e. The largest absolute Gasteiger partial charge is 0.462 e. The van der Waals surface area contributed by atoms with E-state index in [0.29, 0.717) is 12.8 Å². The van der Waals surface area contributed by atoms with Crippen LogP contribution in [0.25, 0.3) is 0 Å². The van der Waals surface area contributed by atoms with Gasteiger partial charge in [-0.2, -0.15) is 8.42 Å². The summed E-state index contributed by atoms with van der Waals surface area (Å²) in [6.45, 7) is 4.48. The van der Waals surface area contributed by atoms with E-state index >= 15 is 0 Å². The second-order valence-corrected chi connectivity index (χ2v) is 18.6. The predicted molar refractivity (Wildman–Crippen MR) is 253 cm³/mol. The van der Waals surface area contributed by atoms with E-state index in [-0.39, 0.29) is 18.8 Å². The van der Waals surface area contributed by atoms with Gasteiger partial charge < -0.3 is 9.47 Å². The monoisotopic (exact) mass is 859 g/mol. The SMILES string of the molecule is C/C=C/CCCCCCCCCCCCCCCCCCCOC(=O)c1cccc(S(=O)(=O)O)c1C(=O)OCCCCCCCCCCCCCCCCCCC/C=C/C. The molecule has 0 aliphatic carbocycles. The first kappa shape index (κ1) is 55.6. The number of rotatable bonds is 43. The molecule has 1 aromatic rings. The first-order chi connectivity index (χ1) is 29.3. The van der Waals surface area contributed by atoms with Crippen LogP contribution in [0.15, 0.2) is 47.4 Å². The van der Waals surface area contributed by atoms with Gasteiger partial charge in [-0.05, 0) is 64.5 Å². The summed E-state index contributed by atoms with van der Waals surface area (Å²) >= 11 is 0. The van der Waals surface area contributed by atoms with E-state index in [4.69, 9.17) is 9.47 Å². The third kappa shape index (κ3) is 32.3. The van der Waals surface area contributed by atoms with E-state index in [1.807, 2.05) is 0 Å². The van der Waals surface area contributed by atoms with Gasteiger partial charge in [0.05, 0.1) is 24.3 Å². The summed E-state index contributed by atoms with van der Waals surface area (Å²) in [5.74, 6) is -1.73. The minimum absolute atomic E-state index is 0.113. The summed E-state index contributed by atoms with van der Waals surface area (Å²) in [5, 5.41) is 0. The summed E-state index contributed by atoms with van der Waals surface area (Å²) in [6.07, 6.45) is 53.7. The topological polar surface area (TPSA) is 107 Å². The number of allylic oxidation sites excluding steroid dienone is 4. The number of carbonyl (C=O) groups is 2. The molecule has 0 atom stereocenters. The van der Waals surface area contributed by atoms with Gasteiger partial charge in [-0.15, -0.1) is 0 Å². The Morgan fingerprint density at radius 2 is 0.733 bits per heavy atom. The van der Waals surface area contributed by atoms with E-state index in [9.17, 15) is 22.6 Å². The Labute approximate surface area is 369 Å². The molecule has 0 radical (unpaired) electrons. The van der Waals surface area contributed by atoms with Gasteiger partial charge in [0, 0.05) is 0 Å². The summed E-state index contributed by atoms with van der Waals surface area (Å²) in [7, 11) is -4.77. The Kier molecular flexibility index (Phi) is 37.6. The van der Waals surface area contributed by atoms with Crippen LogP contribution in [-0.4, -0.2) is 38.1 Å². The average molecular weight is 859 g/mol. The van der Waals surface area contributed by atoms with Crippen molar-refractivity contribution < 1.29 is 32.0 Å². The summed E-state index contributed by atoms with van der Waals surface area (Å²) < 4.78 is 45.0. The fourth-order valence-corrected chi connectivity index (χ4v) is 8.67. The fourth-order valence-electron chi connectivity index (χ4n) is 7.97. The van der Waals surface area contributed by atoms with Crippen molar-refractivity contribution >= 4 is 22.1 Å². The van der Waals surface area contributed by atoms with Crippen molar-refractivity contribution in [1.29, 1.82) is 0 Å². The highest BCUT2D eigenvalue weighted by Gasteiger charge is 2.28. The van der Waals surface area contributed by atoms with E-state index in [0.717, 1.165) is 44.6 Å². The lowest BCUT2D eigenvalue weighted by atomic mass is 10.0. The molecule has 1 aromatic carbocycles. The first-order valence-corrected chi connectivity index (χ1v) is 26.4. The molecule has 0 bridgehead atoms. The van der Waals surface area contributed by atoms with E-state index < -0.39 is 32.5 Å². The van der Waals surface area contributed by atoms with Crippen LogP contribution in [-0.2, 0) is 19.6 Å². The van der Waals surface area contributed by atoms with Crippen molar-refractivity contribution in [3.8, 4) is 0 Å². The maximum atomic E-state index is 13.1. The minimum atomic E-state index is -4.77. The molecule has 0 saturated carbocycles. The van der Waals surface area contributed by atoms with Gasteiger partial charge in [0.1, 0.15) is 4.90 Å². The Bertz CT molecular complexity index is 1340. The van der Waals surface area contributed by atoms with Crippen molar-refractivity contribution in [1.82, 2.24) is 0 Å². The van der Waals surface area contributed by atoms with Gasteiger partial charge >= 0.3 is 11.9 Å². The molecule has 0 aliphatic heterocycles. The zero-order valence-corrected chi connectivity index (χ0v) is 39.5. The number of carbonyl (C=O) groups excluding carboxylic acids is 2. The molecule has 0 aromatic heterocycles. The van der Waals surface area contributed by atoms with E-state index in [1.165, 1.54) is 192 Å². The summed E-state index contributed by atoms with van der Waals surface area (Å²) in [6, 6.07) is 3.78. The van der Waals surface area contributed by atoms with Gasteiger partial charge in [0.2, 0.25) is 0 Å². The number of esters is 2. The van der Waals surface area contributed by atoms with Gasteiger partial charge in [-0.1, -0.05) is 223 Å². The third-order valence-electron chi connectivity index (χ3n) is 11.7. The lowest BCUT2D eigenvalue weighted by Gasteiger charge is -2.13. The zero-order valence-electron chi connectivity index (χ0n) is 38.7. The van der Waals surface area contributed by atoms with E-state index in [2.05, 4.69) is 38.2 Å². The number of hydrogen-bond acceptors (Lipinski definition) is 6. The first-order valence-electron chi connectivity index (χ1n) is 25.0. The fraction of sp³-hybridized carbons (Fsp3) is 0.769. The normalized spacial score (nSPS) is 11.9. The van der Waals surface area contributed by atoms with Crippen LogP contribution in [0.2, 0.25) is 0 Å². The maximum absolute atomic E-state index is 13.1. The molecular formula is C52H90O7S. The molecule has 1 rings (SSSR count). The molecule has 0 amide bonds.